The second-order valence-electron chi connectivity index (χ2n) is 5.81. The lowest BCUT2D eigenvalue weighted by Gasteiger charge is -2.23. The molecule has 1 atom stereocenters. The number of rotatable bonds is 6. The second kappa shape index (κ2) is 7.12. The van der Waals surface area contributed by atoms with Gasteiger partial charge >= 0.3 is 0 Å². The van der Waals surface area contributed by atoms with Gasteiger partial charge < -0.3 is 5.73 Å². The van der Waals surface area contributed by atoms with E-state index < -0.39 is 14.9 Å². The minimum Gasteiger partial charge on any atom is -0.329 e. The molecule has 1 aliphatic carbocycles. The van der Waals surface area contributed by atoms with Crippen LogP contribution in [0.15, 0.2) is 17.0 Å². The number of nitro benzene ring substituents is 1. The zero-order chi connectivity index (χ0) is 17.2. The highest BCUT2D eigenvalue weighted by Gasteiger charge is 2.30. The number of nitrogens with one attached hydrogen (secondary N) is 1. The topological polar surface area (TPSA) is 115 Å². The highest BCUT2D eigenvalue weighted by Crippen LogP contribution is 2.31. The highest BCUT2D eigenvalue weighted by atomic mass is 35.5. The summed E-state index contributed by atoms with van der Waals surface area (Å²) in [5.74, 6) is 0.200. The van der Waals surface area contributed by atoms with Crippen molar-refractivity contribution in [1.82, 2.24) is 4.72 Å². The van der Waals surface area contributed by atoms with E-state index in [9.17, 15) is 18.5 Å². The molecule has 7 nitrogen and oxygen atoms in total. The standard InChI is InChI=1S/C14H20ClN3O4S/c1-9-12(15)6-11(7-14(9)18(19)20)23(21,22)17-13(8-16)10-4-2-3-5-10/h6-7,10,13,17H,2-5,8,16H2,1H3. The van der Waals surface area contributed by atoms with Crippen LogP contribution in [-0.4, -0.2) is 25.9 Å². The lowest BCUT2D eigenvalue weighted by atomic mass is 9.99. The van der Waals surface area contributed by atoms with Gasteiger partial charge in [-0.05, 0) is 31.7 Å². The predicted octanol–water partition coefficient (Wildman–Crippen LogP) is 2.35. The van der Waals surface area contributed by atoms with E-state index in [1.165, 1.54) is 13.0 Å². The summed E-state index contributed by atoms with van der Waals surface area (Å²) in [6, 6.07) is 1.89. The van der Waals surface area contributed by atoms with Crippen LogP contribution >= 0.6 is 11.6 Å². The fourth-order valence-corrected chi connectivity index (χ4v) is 4.59. The largest absolute Gasteiger partial charge is 0.329 e. The molecule has 0 aromatic heterocycles. The Bertz CT molecular complexity index is 702. The molecule has 1 aromatic carbocycles. The van der Waals surface area contributed by atoms with Crippen molar-refractivity contribution < 1.29 is 13.3 Å². The third kappa shape index (κ3) is 4.00. The molecule has 1 fully saturated rings. The van der Waals surface area contributed by atoms with Gasteiger partial charge in [0.1, 0.15) is 0 Å². The maximum atomic E-state index is 12.5. The molecule has 128 valence electrons. The maximum absolute atomic E-state index is 12.5. The Morgan fingerprint density at radius 2 is 2.04 bits per heavy atom. The van der Waals surface area contributed by atoms with E-state index in [2.05, 4.69) is 4.72 Å². The minimum absolute atomic E-state index is 0.0461. The summed E-state index contributed by atoms with van der Waals surface area (Å²) in [4.78, 5) is 10.2. The molecule has 0 aliphatic heterocycles. The zero-order valence-corrected chi connectivity index (χ0v) is 14.4. The number of benzene rings is 1. The molecule has 1 unspecified atom stereocenters. The first-order valence-electron chi connectivity index (χ1n) is 7.43. The molecule has 0 radical (unpaired) electrons. The van der Waals surface area contributed by atoms with Gasteiger partial charge in [-0.1, -0.05) is 24.4 Å². The third-order valence-corrected chi connectivity index (χ3v) is 6.19. The fourth-order valence-electron chi connectivity index (χ4n) is 2.95. The predicted molar refractivity (Wildman–Crippen MR) is 88.0 cm³/mol. The van der Waals surface area contributed by atoms with E-state index in [1.54, 1.807) is 0 Å². The Morgan fingerprint density at radius 3 is 2.57 bits per heavy atom. The number of nitro groups is 1. The van der Waals surface area contributed by atoms with Gasteiger partial charge in [0.25, 0.3) is 5.69 Å². The van der Waals surface area contributed by atoms with Crippen molar-refractivity contribution in [3.8, 4) is 0 Å². The van der Waals surface area contributed by atoms with Gasteiger partial charge in [-0.25, -0.2) is 13.1 Å². The van der Waals surface area contributed by atoms with E-state index in [0.717, 1.165) is 31.7 Å². The Morgan fingerprint density at radius 1 is 1.43 bits per heavy atom. The van der Waals surface area contributed by atoms with Crippen molar-refractivity contribution in [1.29, 1.82) is 0 Å². The van der Waals surface area contributed by atoms with Crippen LogP contribution in [0.5, 0.6) is 0 Å². The number of nitrogens with two attached hydrogens (primary N) is 1. The summed E-state index contributed by atoms with van der Waals surface area (Å²) in [7, 11) is -3.92. The second-order valence-corrected chi connectivity index (χ2v) is 7.94. The van der Waals surface area contributed by atoms with Gasteiger partial charge in [0.2, 0.25) is 10.0 Å². The first-order valence-corrected chi connectivity index (χ1v) is 9.29. The van der Waals surface area contributed by atoms with Crippen LogP contribution in [-0.2, 0) is 10.0 Å². The molecule has 0 bridgehead atoms. The molecule has 0 spiro atoms. The van der Waals surface area contributed by atoms with Crippen molar-refractivity contribution in [2.24, 2.45) is 11.7 Å². The van der Waals surface area contributed by atoms with E-state index in [1.807, 2.05) is 0 Å². The molecule has 0 saturated heterocycles. The first-order chi connectivity index (χ1) is 10.8. The van der Waals surface area contributed by atoms with Gasteiger partial charge in [0, 0.05) is 24.2 Å². The summed E-state index contributed by atoms with van der Waals surface area (Å²) in [5, 5.41) is 11.1. The van der Waals surface area contributed by atoms with Crippen molar-refractivity contribution in [3.63, 3.8) is 0 Å². The number of hydrogen-bond donors (Lipinski definition) is 2. The first kappa shape index (κ1) is 18.1. The lowest BCUT2D eigenvalue weighted by Crippen LogP contribution is -2.44. The van der Waals surface area contributed by atoms with Crippen molar-refractivity contribution in [2.45, 2.75) is 43.5 Å². The Kier molecular flexibility index (Phi) is 5.61. The average Bonchev–Trinajstić information content (AvgIpc) is 3.01. The summed E-state index contributed by atoms with van der Waals surface area (Å²) in [5.41, 5.74) is 5.63. The normalized spacial score (nSPS) is 17.3. The molecular formula is C14H20ClN3O4S. The molecule has 1 aliphatic rings. The number of hydrogen-bond acceptors (Lipinski definition) is 5. The Balaban J connectivity index is 2.33. The zero-order valence-electron chi connectivity index (χ0n) is 12.8. The summed E-state index contributed by atoms with van der Waals surface area (Å²) >= 11 is 5.95. The monoisotopic (exact) mass is 361 g/mol. The van der Waals surface area contributed by atoms with Crippen LogP contribution < -0.4 is 10.5 Å². The molecule has 1 saturated carbocycles. The summed E-state index contributed by atoms with van der Waals surface area (Å²) in [6.07, 6.45) is 3.98. The SMILES string of the molecule is Cc1c(Cl)cc(S(=O)(=O)NC(CN)C2CCCC2)cc1[N+](=O)[O-]. The fraction of sp³-hybridized carbons (Fsp3) is 0.571. The van der Waals surface area contributed by atoms with Crippen LogP contribution in [0, 0.1) is 23.0 Å². The van der Waals surface area contributed by atoms with Crippen LogP contribution in [0.3, 0.4) is 0 Å². The minimum atomic E-state index is -3.92. The van der Waals surface area contributed by atoms with Gasteiger partial charge in [-0.15, -0.1) is 0 Å². The van der Waals surface area contributed by atoms with Crippen molar-refractivity contribution in [2.75, 3.05) is 6.54 Å². The van der Waals surface area contributed by atoms with E-state index >= 15 is 0 Å². The molecular weight excluding hydrogens is 342 g/mol. The smallest absolute Gasteiger partial charge is 0.275 e. The molecule has 2 rings (SSSR count). The van der Waals surface area contributed by atoms with Crippen LogP contribution in [0.1, 0.15) is 31.2 Å². The van der Waals surface area contributed by atoms with E-state index in [-0.39, 0.29) is 39.7 Å². The number of halogens is 1. The third-order valence-electron chi connectivity index (χ3n) is 4.33. The number of nitrogens with zero attached hydrogens (tertiary/aromatic N) is 1. The summed E-state index contributed by atoms with van der Waals surface area (Å²) < 4.78 is 27.7. The van der Waals surface area contributed by atoms with Crippen LogP contribution in [0.2, 0.25) is 5.02 Å². The van der Waals surface area contributed by atoms with E-state index in [4.69, 9.17) is 17.3 Å². The van der Waals surface area contributed by atoms with Gasteiger partial charge in [0.15, 0.2) is 0 Å². The maximum Gasteiger partial charge on any atom is 0.275 e. The average molecular weight is 362 g/mol. The summed E-state index contributed by atoms with van der Waals surface area (Å²) in [6.45, 7) is 1.66. The van der Waals surface area contributed by atoms with Crippen LogP contribution in [0.25, 0.3) is 0 Å². The molecule has 1 aromatic rings. The van der Waals surface area contributed by atoms with Crippen molar-refractivity contribution in [3.05, 3.63) is 32.8 Å². The van der Waals surface area contributed by atoms with Crippen molar-refractivity contribution >= 4 is 27.3 Å². The molecule has 9 heteroatoms. The Labute approximate surface area is 140 Å². The Hall–Kier alpha value is -1.22. The molecule has 0 heterocycles. The lowest BCUT2D eigenvalue weighted by molar-refractivity contribution is -0.385. The number of sulfonamides is 1. The van der Waals surface area contributed by atoms with Crippen LogP contribution in [0.4, 0.5) is 5.69 Å². The van der Waals surface area contributed by atoms with Gasteiger partial charge in [-0.2, -0.15) is 0 Å². The van der Waals surface area contributed by atoms with E-state index in [0.29, 0.717) is 0 Å². The molecule has 0 amide bonds. The molecule has 23 heavy (non-hydrogen) atoms. The highest BCUT2D eigenvalue weighted by molar-refractivity contribution is 7.89. The quantitative estimate of drug-likeness (QED) is 0.596. The van der Waals surface area contributed by atoms with Gasteiger partial charge in [-0.3, -0.25) is 10.1 Å². The van der Waals surface area contributed by atoms with Gasteiger partial charge in [0.05, 0.1) is 14.8 Å². The molecule has 3 N–H and O–H groups in total.